The van der Waals surface area contributed by atoms with Crippen LogP contribution in [0.5, 0.6) is 0 Å². The lowest BCUT2D eigenvalue weighted by atomic mass is 9.99. The molecule has 0 aliphatic carbocycles. The van der Waals surface area contributed by atoms with Gasteiger partial charge in [-0.15, -0.1) is 0 Å². The lowest BCUT2D eigenvalue weighted by Crippen LogP contribution is -2.27. The molecule has 154 valence electrons. The normalized spacial score (nSPS) is 16.5. The van der Waals surface area contributed by atoms with E-state index in [-0.39, 0.29) is 0 Å². The molecule has 1 atom stereocenters. The molecule has 1 unspecified atom stereocenters. The van der Waals surface area contributed by atoms with Crippen LogP contribution in [0.1, 0.15) is 31.2 Å². The molecule has 1 aliphatic heterocycles. The second-order valence-electron chi connectivity index (χ2n) is 7.53. The van der Waals surface area contributed by atoms with Crippen molar-refractivity contribution in [1.29, 1.82) is 0 Å². The average molecular weight is 396 g/mol. The Morgan fingerprint density at radius 3 is 2.90 bits per heavy atom. The van der Waals surface area contributed by atoms with Gasteiger partial charge in [-0.2, -0.15) is 4.91 Å². The van der Waals surface area contributed by atoms with Gasteiger partial charge in [0.15, 0.2) is 0 Å². The molecule has 1 fully saturated rings. The average Bonchev–Trinajstić information content (AvgIpc) is 3.14. The van der Waals surface area contributed by atoms with Gasteiger partial charge in [0.05, 0.1) is 18.8 Å². The van der Waals surface area contributed by atoms with E-state index in [0.29, 0.717) is 19.2 Å². The molecule has 0 radical (unpaired) electrons. The second-order valence-corrected chi connectivity index (χ2v) is 7.53. The van der Waals surface area contributed by atoms with Gasteiger partial charge in [-0.25, -0.2) is 4.79 Å². The Bertz CT molecular complexity index is 825. The number of nitrogens with one attached hydrogen (secondary N) is 1. The molecule has 1 N–H and O–H groups in total. The predicted octanol–water partition coefficient (Wildman–Crippen LogP) is 5.09. The van der Waals surface area contributed by atoms with Crippen molar-refractivity contribution < 1.29 is 9.53 Å². The van der Waals surface area contributed by atoms with Crippen LogP contribution in [0.2, 0.25) is 0 Å². The highest BCUT2D eigenvalue weighted by Gasteiger charge is 2.20. The molecule has 6 heteroatoms. The van der Waals surface area contributed by atoms with Crippen molar-refractivity contribution in [2.75, 3.05) is 32.1 Å². The number of nitroso groups, excluding NO2 is 1. The minimum absolute atomic E-state index is 0.324. The Labute approximate surface area is 172 Å². The summed E-state index contributed by atoms with van der Waals surface area (Å²) in [6.07, 6.45) is 4.35. The number of hydrogen-bond donors (Lipinski definition) is 1. The summed E-state index contributed by atoms with van der Waals surface area (Å²) < 4.78 is 5.42. The van der Waals surface area contributed by atoms with Crippen LogP contribution in [0.3, 0.4) is 0 Å². The molecular weight excluding hydrogens is 366 g/mol. The Morgan fingerprint density at radius 2 is 2.10 bits per heavy atom. The molecule has 1 saturated heterocycles. The van der Waals surface area contributed by atoms with Gasteiger partial charge in [0.25, 0.3) is 0 Å². The van der Waals surface area contributed by atoms with E-state index >= 15 is 0 Å². The van der Waals surface area contributed by atoms with E-state index < -0.39 is 6.09 Å². The van der Waals surface area contributed by atoms with Crippen LogP contribution in [-0.4, -0.2) is 43.8 Å². The van der Waals surface area contributed by atoms with Crippen LogP contribution in [0, 0.1) is 4.91 Å². The van der Waals surface area contributed by atoms with Crippen LogP contribution in [0.15, 0.2) is 53.7 Å². The summed E-state index contributed by atoms with van der Waals surface area (Å²) in [7, 11) is 2.12. The molecule has 0 saturated carbocycles. The number of amides is 1. The van der Waals surface area contributed by atoms with E-state index in [9.17, 15) is 9.70 Å². The molecule has 6 nitrogen and oxygen atoms in total. The fourth-order valence-electron chi connectivity index (χ4n) is 3.86. The van der Waals surface area contributed by atoms with Gasteiger partial charge in [0.1, 0.15) is 0 Å². The van der Waals surface area contributed by atoms with E-state index in [2.05, 4.69) is 28.5 Å². The number of hydrogen-bond acceptors (Lipinski definition) is 5. The zero-order valence-corrected chi connectivity index (χ0v) is 17.0. The van der Waals surface area contributed by atoms with Crippen LogP contribution >= 0.6 is 0 Å². The molecule has 1 amide bonds. The Kier molecular flexibility index (Phi) is 7.76. The van der Waals surface area contributed by atoms with E-state index in [1.165, 1.54) is 12.8 Å². The van der Waals surface area contributed by atoms with E-state index in [0.717, 1.165) is 48.2 Å². The lowest BCUT2D eigenvalue weighted by Gasteiger charge is -2.19. The molecule has 1 aliphatic rings. The van der Waals surface area contributed by atoms with Crippen molar-refractivity contribution in [3.63, 3.8) is 0 Å². The van der Waals surface area contributed by atoms with Gasteiger partial charge in [0.2, 0.25) is 0 Å². The molecular formula is C23H29N3O3. The number of nitrogens with zero attached hydrogens (tertiary/aromatic N) is 2. The maximum absolute atomic E-state index is 12.3. The van der Waals surface area contributed by atoms with Crippen molar-refractivity contribution in [2.24, 2.45) is 5.18 Å². The number of carbonyl (C=O) groups is 1. The second kappa shape index (κ2) is 10.7. The zero-order chi connectivity index (χ0) is 20.5. The summed E-state index contributed by atoms with van der Waals surface area (Å²) in [5, 5.41) is 5.80. The molecule has 0 bridgehead atoms. The summed E-state index contributed by atoms with van der Waals surface area (Å²) >= 11 is 0. The number of benzene rings is 2. The van der Waals surface area contributed by atoms with Crippen LogP contribution in [-0.2, 0) is 11.2 Å². The van der Waals surface area contributed by atoms with Gasteiger partial charge in [-0.05, 0) is 62.9 Å². The lowest BCUT2D eigenvalue weighted by molar-refractivity contribution is 0.147. The fourth-order valence-corrected chi connectivity index (χ4v) is 3.86. The van der Waals surface area contributed by atoms with E-state index in [1.807, 2.05) is 42.5 Å². The standard InChI is InChI=1S/C23H29N3O3/c1-26-15-6-10-20(26)13-16-29-23(27)25-22-12-3-2-11-21(22)19-9-4-7-18(17-19)8-5-14-24-28/h2-4,7,9,11-12,17,20H,5-6,8,10,13-16H2,1H3,(H,25,27). The smallest absolute Gasteiger partial charge is 0.411 e. The topological polar surface area (TPSA) is 71.0 Å². The molecule has 2 aromatic carbocycles. The summed E-state index contributed by atoms with van der Waals surface area (Å²) in [5.41, 5.74) is 3.83. The van der Waals surface area contributed by atoms with Crippen molar-refractivity contribution in [1.82, 2.24) is 4.90 Å². The molecule has 0 aromatic heterocycles. The third-order valence-electron chi connectivity index (χ3n) is 5.47. The molecule has 3 rings (SSSR count). The van der Waals surface area contributed by atoms with E-state index in [4.69, 9.17) is 4.74 Å². The SMILES string of the molecule is CN1CCCC1CCOC(=O)Nc1ccccc1-c1cccc(CCCN=O)c1. The predicted molar refractivity (Wildman–Crippen MR) is 116 cm³/mol. The molecule has 29 heavy (non-hydrogen) atoms. The number of para-hydroxylation sites is 1. The van der Waals surface area contributed by atoms with Crippen molar-refractivity contribution in [3.8, 4) is 11.1 Å². The number of aryl methyl sites for hydroxylation is 1. The van der Waals surface area contributed by atoms with Gasteiger partial charge >= 0.3 is 6.09 Å². The minimum Gasteiger partial charge on any atom is -0.449 e. The van der Waals surface area contributed by atoms with Gasteiger partial charge < -0.3 is 9.64 Å². The molecule has 0 spiro atoms. The first-order valence-electron chi connectivity index (χ1n) is 10.3. The minimum atomic E-state index is -0.425. The van der Waals surface area contributed by atoms with Crippen molar-refractivity contribution in [3.05, 3.63) is 59.0 Å². The van der Waals surface area contributed by atoms with Gasteiger partial charge in [0, 0.05) is 11.6 Å². The Morgan fingerprint density at radius 1 is 1.24 bits per heavy atom. The summed E-state index contributed by atoms with van der Waals surface area (Å²) in [5.74, 6) is 0. The zero-order valence-electron chi connectivity index (χ0n) is 17.0. The first-order chi connectivity index (χ1) is 14.2. The Balaban J connectivity index is 1.60. The third kappa shape index (κ3) is 6.12. The van der Waals surface area contributed by atoms with Gasteiger partial charge in [-0.1, -0.05) is 47.6 Å². The highest BCUT2D eigenvalue weighted by atomic mass is 16.5. The first-order valence-corrected chi connectivity index (χ1v) is 10.3. The number of carbonyl (C=O) groups excluding carboxylic acids is 1. The molecule has 1 heterocycles. The quantitative estimate of drug-likeness (QED) is 0.474. The number of anilines is 1. The number of likely N-dealkylation sites (tertiary alicyclic amines) is 1. The number of ether oxygens (including phenoxy) is 1. The third-order valence-corrected chi connectivity index (χ3v) is 5.47. The van der Waals surface area contributed by atoms with Crippen LogP contribution in [0.25, 0.3) is 11.1 Å². The number of rotatable bonds is 9. The fraction of sp³-hybridized carbons (Fsp3) is 0.435. The summed E-state index contributed by atoms with van der Waals surface area (Å²) in [4.78, 5) is 24.9. The monoisotopic (exact) mass is 395 g/mol. The van der Waals surface area contributed by atoms with Crippen molar-refractivity contribution >= 4 is 11.8 Å². The maximum atomic E-state index is 12.3. The first kappa shape index (κ1) is 21.0. The van der Waals surface area contributed by atoms with Crippen LogP contribution in [0.4, 0.5) is 10.5 Å². The van der Waals surface area contributed by atoms with Gasteiger partial charge in [-0.3, -0.25) is 5.32 Å². The molecule has 2 aromatic rings. The maximum Gasteiger partial charge on any atom is 0.411 e. The van der Waals surface area contributed by atoms with E-state index in [1.54, 1.807) is 0 Å². The van der Waals surface area contributed by atoms with Crippen LogP contribution < -0.4 is 5.32 Å². The highest BCUT2D eigenvalue weighted by Crippen LogP contribution is 2.29. The summed E-state index contributed by atoms with van der Waals surface area (Å²) in [6, 6.07) is 16.4. The Hall–Kier alpha value is -2.73. The van der Waals surface area contributed by atoms with Crippen molar-refractivity contribution in [2.45, 2.75) is 38.1 Å². The highest BCUT2D eigenvalue weighted by molar-refractivity contribution is 5.91. The largest absolute Gasteiger partial charge is 0.449 e. The summed E-state index contributed by atoms with van der Waals surface area (Å²) in [6.45, 7) is 1.86.